The van der Waals surface area contributed by atoms with Gasteiger partial charge in [0.15, 0.2) is 0 Å². The third kappa shape index (κ3) is 3.58. The van der Waals surface area contributed by atoms with Gasteiger partial charge in [0.1, 0.15) is 5.82 Å². The maximum Gasteiger partial charge on any atom is 0.251 e. The molecule has 2 rings (SSSR count). The molecule has 0 bridgehead atoms. The fraction of sp³-hybridized carbons (Fsp3) is 0.188. The van der Waals surface area contributed by atoms with Crippen LogP contribution in [0.25, 0.3) is 0 Å². The maximum absolute atomic E-state index is 12.8. The smallest absolute Gasteiger partial charge is 0.251 e. The summed E-state index contributed by atoms with van der Waals surface area (Å²) in [6.45, 7) is 1.98. The molecule has 1 atom stereocenters. The molecular formula is C16H15ClFNO. The zero-order chi connectivity index (χ0) is 14.5. The Morgan fingerprint density at radius 2 is 1.95 bits per heavy atom. The Kier molecular flexibility index (Phi) is 4.74. The predicted molar refractivity (Wildman–Crippen MR) is 78.4 cm³/mol. The molecule has 1 N–H and O–H groups in total. The maximum atomic E-state index is 12.8. The topological polar surface area (TPSA) is 29.1 Å². The fourth-order valence-electron chi connectivity index (χ4n) is 1.99. The fourth-order valence-corrected chi connectivity index (χ4v) is 2.19. The molecule has 0 saturated carbocycles. The number of rotatable bonds is 4. The second-order valence-electron chi connectivity index (χ2n) is 4.50. The van der Waals surface area contributed by atoms with Crippen molar-refractivity contribution in [2.75, 3.05) is 0 Å². The molecule has 0 fully saturated rings. The van der Waals surface area contributed by atoms with Crippen molar-refractivity contribution >= 4 is 17.5 Å². The summed E-state index contributed by atoms with van der Waals surface area (Å²) < 4.78 is 12.8. The summed E-state index contributed by atoms with van der Waals surface area (Å²) in [4.78, 5) is 12.1. The minimum absolute atomic E-state index is 0.119. The number of nitrogens with one attached hydrogen (secondary N) is 1. The van der Waals surface area contributed by atoms with Crippen molar-refractivity contribution in [3.05, 3.63) is 70.5 Å². The molecule has 0 aliphatic carbocycles. The van der Waals surface area contributed by atoms with E-state index in [1.807, 2.05) is 25.1 Å². The second kappa shape index (κ2) is 6.53. The molecule has 0 aromatic heterocycles. The molecule has 0 saturated heterocycles. The summed E-state index contributed by atoms with van der Waals surface area (Å²) in [5, 5.41) is 3.56. The van der Waals surface area contributed by atoms with Crippen LogP contribution in [0.5, 0.6) is 0 Å². The molecule has 0 heterocycles. The lowest BCUT2D eigenvalue weighted by atomic mass is 10.0. The first kappa shape index (κ1) is 14.5. The van der Waals surface area contributed by atoms with Gasteiger partial charge in [-0.1, -0.05) is 30.7 Å². The van der Waals surface area contributed by atoms with Crippen LogP contribution in [-0.4, -0.2) is 5.91 Å². The zero-order valence-corrected chi connectivity index (χ0v) is 11.8. The average molecular weight is 292 g/mol. The quantitative estimate of drug-likeness (QED) is 0.891. The summed E-state index contributed by atoms with van der Waals surface area (Å²) >= 11 is 5.96. The summed E-state index contributed by atoms with van der Waals surface area (Å²) in [6, 6.07) is 12.8. The van der Waals surface area contributed by atoms with Crippen LogP contribution in [0.3, 0.4) is 0 Å². The number of halogens is 2. The van der Waals surface area contributed by atoms with Gasteiger partial charge >= 0.3 is 0 Å². The third-order valence-electron chi connectivity index (χ3n) is 3.07. The van der Waals surface area contributed by atoms with Gasteiger partial charge in [-0.2, -0.15) is 0 Å². The number of amides is 1. The Morgan fingerprint density at radius 1 is 1.25 bits per heavy atom. The van der Waals surface area contributed by atoms with Crippen LogP contribution in [0.2, 0.25) is 5.02 Å². The molecule has 2 nitrogen and oxygen atoms in total. The van der Waals surface area contributed by atoms with Crippen molar-refractivity contribution in [2.45, 2.75) is 19.4 Å². The van der Waals surface area contributed by atoms with Gasteiger partial charge in [-0.3, -0.25) is 4.79 Å². The highest BCUT2D eigenvalue weighted by Crippen LogP contribution is 2.20. The Labute approximate surface area is 122 Å². The van der Waals surface area contributed by atoms with Crippen LogP contribution in [0, 0.1) is 5.82 Å². The van der Waals surface area contributed by atoms with Crippen LogP contribution >= 0.6 is 11.6 Å². The third-order valence-corrected chi connectivity index (χ3v) is 3.31. The zero-order valence-electron chi connectivity index (χ0n) is 11.1. The van der Waals surface area contributed by atoms with E-state index in [4.69, 9.17) is 11.6 Å². The van der Waals surface area contributed by atoms with Crippen LogP contribution < -0.4 is 5.32 Å². The van der Waals surface area contributed by atoms with E-state index >= 15 is 0 Å². The van der Waals surface area contributed by atoms with E-state index in [0.29, 0.717) is 10.6 Å². The van der Waals surface area contributed by atoms with Crippen molar-refractivity contribution < 1.29 is 9.18 Å². The van der Waals surface area contributed by atoms with Gasteiger partial charge in [-0.05, 0) is 48.4 Å². The van der Waals surface area contributed by atoms with Gasteiger partial charge in [0.25, 0.3) is 5.91 Å². The van der Waals surface area contributed by atoms with E-state index in [0.717, 1.165) is 12.0 Å². The van der Waals surface area contributed by atoms with Crippen molar-refractivity contribution in [1.29, 1.82) is 0 Å². The van der Waals surface area contributed by atoms with E-state index in [2.05, 4.69) is 5.32 Å². The summed E-state index contributed by atoms with van der Waals surface area (Å²) in [5.74, 6) is -0.583. The SMILES string of the molecule is CCC(NC(=O)c1ccc(F)cc1)c1cccc(Cl)c1. The van der Waals surface area contributed by atoms with Gasteiger partial charge in [-0.15, -0.1) is 0 Å². The predicted octanol–water partition coefficient (Wildman–Crippen LogP) is 4.36. The van der Waals surface area contributed by atoms with Gasteiger partial charge in [0.05, 0.1) is 6.04 Å². The Morgan fingerprint density at radius 3 is 2.55 bits per heavy atom. The molecule has 20 heavy (non-hydrogen) atoms. The number of carbonyl (C=O) groups is 1. The standard InChI is InChI=1S/C16H15ClFNO/c1-2-15(12-4-3-5-13(17)10-12)19-16(20)11-6-8-14(18)9-7-11/h3-10,15H,2H2,1H3,(H,19,20). The van der Waals surface area contributed by atoms with Gasteiger partial charge < -0.3 is 5.32 Å². The van der Waals surface area contributed by atoms with Crippen molar-refractivity contribution in [3.63, 3.8) is 0 Å². The molecule has 104 valence electrons. The number of hydrogen-bond donors (Lipinski definition) is 1. The minimum Gasteiger partial charge on any atom is -0.345 e. The first-order chi connectivity index (χ1) is 9.60. The minimum atomic E-state index is -0.358. The van der Waals surface area contributed by atoms with E-state index in [1.54, 1.807) is 6.07 Å². The van der Waals surface area contributed by atoms with Crippen molar-refractivity contribution in [2.24, 2.45) is 0 Å². The van der Waals surface area contributed by atoms with E-state index in [-0.39, 0.29) is 17.8 Å². The van der Waals surface area contributed by atoms with Crippen LogP contribution in [0.4, 0.5) is 4.39 Å². The summed E-state index contributed by atoms with van der Waals surface area (Å²) in [7, 11) is 0. The number of benzene rings is 2. The molecule has 2 aromatic carbocycles. The highest BCUT2D eigenvalue weighted by atomic mass is 35.5. The molecule has 0 spiro atoms. The van der Waals surface area contributed by atoms with E-state index in [9.17, 15) is 9.18 Å². The Bertz CT molecular complexity index is 598. The number of carbonyl (C=O) groups excluding carboxylic acids is 1. The van der Waals surface area contributed by atoms with Gasteiger partial charge in [0, 0.05) is 10.6 Å². The average Bonchev–Trinajstić information content (AvgIpc) is 2.45. The summed E-state index contributed by atoms with van der Waals surface area (Å²) in [5.41, 5.74) is 1.39. The summed E-state index contributed by atoms with van der Waals surface area (Å²) in [6.07, 6.45) is 0.743. The molecule has 0 aliphatic heterocycles. The van der Waals surface area contributed by atoms with Gasteiger partial charge in [0.2, 0.25) is 0 Å². The van der Waals surface area contributed by atoms with Crippen LogP contribution in [0.1, 0.15) is 35.3 Å². The molecule has 1 unspecified atom stereocenters. The Balaban J connectivity index is 2.14. The monoisotopic (exact) mass is 291 g/mol. The molecular weight excluding hydrogens is 277 g/mol. The van der Waals surface area contributed by atoms with Crippen LogP contribution in [0.15, 0.2) is 48.5 Å². The molecule has 0 radical (unpaired) electrons. The second-order valence-corrected chi connectivity index (χ2v) is 4.93. The van der Waals surface area contributed by atoms with Crippen molar-refractivity contribution in [1.82, 2.24) is 5.32 Å². The lowest BCUT2D eigenvalue weighted by Crippen LogP contribution is -2.28. The lowest BCUT2D eigenvalue weighted by molar-refractivity contribution is 0.0935. The molecule has 4 heteroatoms. The normalized spacial score (nSPS) is 11.9. The first-order valence-corrected chi connectivity index (χ1v) is 6.80. The van der Waals surface area contributed by atoms with E-state index < -0.39 is 0 Å². The molecule has 2 aromatic rings. The highest BCUT2D eigenvalue weighted by molar-refractivity contribution is 6.30. The van der Waals surface area contributed by atoms with Crippen LogP contribution in [-0.2, 0) is 0 Å². The van der Waals surface area contributed by atoms with E-state index in [1.165, 1.54) is 24.3 Å². The lowest BCUT2D eigenvalue weighted by Gasteiger charge is -2.17. The van der Waals surface area contributed by atoms with Gasteiger partial charge in [-0.25, -0.2) is 4.39 Å². The highest BCUT2D eigenvalue weighted by Gasteiger charge is 2.14. The first-order valence-electron chi connectivity index (χ1n) is 6.42. The molecule has 0 aliphatic rings. The number of hydrogen-bond acceptors (Lipinski definition) is 1. The Hall–Kier alpha value is -1.87. The molecule has 1 amide bonds. The largest absolute Gasteiger partial charge is 0.345 e. The van der Waals surface area contributed by atoms with Crippen molar-refractivity contribution in [3.8, 4) is 0 Å².